The van der Waals surface area contributed by atoms with Gasteiger partial charge in [0.2, 0.25) is 0 Å². The highest BCUT2D eigenvalue weighted by Crippen LogP contribution is 2.03. The largest absolute Gasteiger partial charge is 0.465 e. The van der Waals surface area contributed by atoms with Crippen molar-refractivity contribution in [2.24, 2.45) is 7.05 Å². The molecule has 1 aromatic heterocycles. The average molecular weight is 254 g/mol. The molecule has 0 unspecified atom stereocenters. The molecule has 0 atom stereocenters. The number of amides is 2. The van der Waals surface area contributed by atoms with E-state index in [1.165, 1.54) is 0 Å². The molecule has 0 aliphatic carbocycles. The molecule has 0 saturated heterocycles. The molecule has 1 heterocycles. The summed E-state index contributed by atoms with van der Waals surface area (Å²) in [6.07, 6.45) is 1.83. The second-order valence-corrected chi connectivity index (χ2v) is 3.75. The van der Waals surface area contributed by atoms with Gasteiger partial charge in [0.05, 0.1) is 12.3 Å². The van der Waals surface area contributed by atoms with Gasteiger partial charge in [0.1, 0.15) is 6.54 Å². The van der Waals surface area contributed by atoms with Crippen LogP contribution in [0.15, 0.2) is 6.20 Å². The van der Waals surface area contributed by atoms with Crippen LogP contribution in [0.25, 0.3) is 0 Å². The molecule has 0 spiro atoms. The molecule has 1 aromatic rings. The lowest BCUT2D eigenvalue weighted by molar-refractivity contribution is -0.141. The lowest BCUT2D eigenvalue weighted by Gasteiger charge is -2.06. The first kappa shape index (κ1) is 14.0. The first-order chi connectivity index (χ1) is 8.52. The molecule has 18 heavy (non-hydrogen) atoms. The smallest absolute Gasteiger partial charge is 0.325 e. The zero-order chi connectivity index (χ0) is 13.5. The van der Waals surface area contributed by atoms with Crippen LogP contribution in [0.3, 0.4) is 0 Å². The Labute approximate surface area is 105 Å². The van der Waals surface area contributed by atoms with E-state index in [-0.39, 0.29) is 6.54 Å². The maximum absolute atomic E-state index is 11.4. The van der Waals surface area contributed by atoms with Gasteiger partial charge < -0.3 is 15.4 Å². The number of carbonyl (C=O) groups excluding carboxylic acids is 2. The Kier molecular flexibility index (Phi) is 5.16. The molecule has 0 aliphatic rings. The van der Waals surface area contributed by atoms with E-state index in [2.05, 4.69) is 20.5 Å². The number of nitrogens with zero attached hydrogens (tertiary/aromatic N) is 2. The molecule has 0 bridgehead atoms. The van der Waals surface area contributed by atoms with Crippen LogP contribution in [-0.2, 0) is 23.1 Å². The van der Waals surface area contributed by atoms with Crippen LogP contribution in [0.2, 0.25) is 0 Å². The summed E-state index contributed by atoms with van der Waals surface area (Å²) < 4.78 is 6.37. The van der Waals surface area contributed by atoms with E-state index in [0.29, 0.717) is 13.2 Å². The second kappa shape index (κ2) is 6.63. The molecule has 7 nitrogen and oxygen atoms in total. The molecule has 2 amide bonds. The fourth-order valence-electron chi connectivity index (χ4n) is 1.42. The minimum absolute atomic E-state index is 0.133. The predicted molar refractivity (Wildman–Crippen MR) is 64.8 cm³/mol. The van der Waals surface area contributed by atoms with E-state index < -0.39 is 12.0 Å². The van der Waals surface area contributed by atoms with Crippen molar-refractivity contribution < 1.29 is 14.3 Å². The Morgan fingerprint density at radius 3 is 2.72 bits per heavy atom. The summed E-state index contributed by atoms with van der Waals surface area (Å²) >= 11 is 0. The van der Waals surface area contributed by atoms with Crippen LogP contribution < -0.4 is 10.6 Å². The molecule has 7 heteroatoms. The fraction of sp³-hybridized carbons (Fsp3) is 0.545. The zero-order valence-electron chi connectivity index (χ0n) is 10.8. The number of carbonyl (C=O) groups is 2. The number of hydrogen-bond acceptors (Lipinski definition) is 4. The van der Waals surface area contributed by atoms with Crippen molar-refractivity contribution in [2.45, 2.75) is 20.4 Å². The summed E-state index contributed by atoms with van der Waals surface area (Å²) in [5.41, 5.74) is 1.80. The van der Waals surface area contributed by atoms with Crippen LogP contribution >= 0.6 is 0 Å². The fourth-order valence-corrected chi connectivity index (χ4v) is 1.42. The van der Waals surface area contributed by atoms with Crippen molar-refractivity contribution in [1.29, 1.82) is 0 Å². The van der Waals surface area contributed by atoms with Gasteiger partial charge in [-0.05, 0) is 13.8 Å². The maximum atomic E-state index is 11.4. The molecule has 0 aromatic carbocycles. The Bertz CT molecular complexity index is 428. The molecule has 0 fully saturated rings. The lowest BCUT2D eigenvalue weighted by atomic mass is 10.3. The Morgan fingerprint density at radius 2 is 2.17 bits per heavy atom. The predicted octanol–water partition coefficient (Wildman–Crippen LogP) is 0.0908. The summed E-state index contributed by atoms with van der Waals surface area (Å²) in [4.78, 5) is 22.4. The summed E-state index contributed by atoms with van der Waals surface area (Å²) in [6.45, 7) is 4.12. The summed E-state index contributed by atoms with van der Waals surface area (Å²) in [5, 5.41) is 9.21. The van der Waals surface area contributed by atoms with E-state index in [9.17, 15) is 9.59 Å². The van der Waals surface area contributed by atoms with Gasteiger partial charge in [0, 0.05) is 25.4 Å². The summed E-state index contributed by atoms with van der Waals surface area (Å²) in [5.74, 6) is -0.454. The van der Waals surface area contributed by atoms with Crippen LogP contribution in [0, 0.1) is 6.92 Å². The van der Waals surface area contributed by atoms with Crippen molar-refractivity contribution in [3.63, 3.8) is 0 Å². The highest BCUT2D eigenvalue weighted by molar-refractivity contribution is 5.80. The maximum Gasteiger partial charge on any atom is 0.325 e. The van der Waals surface area contributed by atoms with Crippen molar-refractivity contribution in [1.82, 2.24) is 20.4 Å². The molecule has 0 radical (unpaired) electrons. The molecule has 2 N–H and O–H groups in total. The number of urea groups is 1. The first-order valence-electron chi connectivity index (χ1n) is 5.69. The molecule has 0 saturated carbocycles. The normalized spacial score (nSPS) is 9.94. The van der Waals surface area contributed by atoms with E-state index in [0.717, 1.165) is 11.3 Å². The Balaban J connectivity index is 2.29. The summed E-state index contributed by atoms with van der Waals surface area (Å²) in [7, 11) is 1.82. The van der Waals surface area contributed by atoms with Crippen LogP contribution in [0.5, 0.6) is 0 Å². The second-order valence-electron chi connectivity index (χ2n) is 3.75. The van der Waals surface area contributed by atoms with Crippen LogP contribution in [-0.4, -0.2) is 34.9 Å². The van der Waals surface area contributed by atoms with Gasteiger partial charge >= 0.3 is 12.0 Å². The SMILES string of the molecule is CCOC(=O)CNC(=O)NCc1cn(C)nc1C. The first-order valence-corrected chi connectivity index (χ1v) is 5.69. The van der Waals surface area contributed by atoms with Crippen molar-refractivity contribution in [2.75, 3.05) is 13.2 Å². The number of aryl methyl sites for hydroxylation is 2. The number of hydrogen-bond donors (Lipinski definition) is 2. The quantitative estimate of drug-likeness (QED) is 0.729. The number of nitrogens with one attached hydrogen (secondary N) is 2. The third kappa shape index (κ3) is 4.44. The highest BCUT2D eigenvalue weighted by atomic mass is 16.5. The molecule has 1 rings (SSSR count). The number of aromatic nitrogens is 2. The van der Waals surface area contributed by atoms with Gasteiger partial charge in [-0.1, -0.05) is 0 Å². The van der Waals surface area contributed by atoms with Crippen molar-refractivity contribution >= 4 is 12.0 Å². The number of esters is 1. The highest BCUT2D eigenvalue weighted by Gasteiger charge is 2.07. The van der Waals surface area contributed by atoms with Gasteiger partial charge in [-0.25, -0.2) is 4.79 Å². The minimum Gasteiger partial charge on any atom is -0.465 e. The van der Waals surface area contributed by atoms with Crippen molar-refractivity contribution in [3.05, 3.63) is 17.5 Å². The van der Waals surface area contributed by atoms with Gasteiger partial charge in [-0.3, -0.25) is 9.48 Å². The number of rotatable bonds is 5. The van der Waals surface area contributed by atoms with Gasteiger partial charge in [-0.2, -0.15) is 5.10 Å². The van der Waals surface area contributed by atoms with E-state index in [1.54, 1.807) is 11.6 Å². The Morgan fingerprint density at radius 1 is 1.44 bits per heavy atom. The lowest BCUT2D eigenvalue weighted by Crippen LogP contribution is -2.38. The van der Waals surface area contributed by atoms with Gasteiger partial charge in [0.15, 0.2) is 0 Å². The minimum atomic E-state index is -0.454. The van der Waals surface area contributed by atoms with E-state index in [1.807, 2.05) is 20.2 Å². The molecule has 0 aliphatic heterocycles. The molecular formula is C11H18N4O3. The summed E-state index contributed by atoms with van der Waals surface area (Å²) in [6, 6.07) is -0.411. The van der Waals surface area contributed by atoms with Gasteiger partial charge in [0.25, 0.3) is 0 Å². The van der Waals surface area contributed by atoms with Gasteiger partial charge in [-0.15, -0.1) is 0 Å². The topological polar surface area (TPSA) is 85.2 Å². The van der Waals surface area contributed by atoms with Crippen molar-refractivity contribution in [3.8, 4) is 0 Å². The average Bonchev–Trinajstić information content (AvgIpc) is 2.63. The third-order valence-electron chi connectivity index (χ3n) is 2.25. The van der Waals surface area contributed by atoms with E-state index >= 15 is 0 Å². The standard InChI is InChI=1S/C11H18N4O3/c1-4-18-10(16)6-13-11(17)12-5-9-7-15(3)14-8(9)2/h7H,4-6H2,1-3H3,(H2,12,13,17). The molecular weight excluding hydrogens is 236 g/mol. The Hall–Kier alpha value is -2.05. The monoisotopic (exact) mass is 254 g/mol. The van der Waals surface area contributed by atoms with E-state index in [4.69, 9.17) is 0 Å². The van der Waals surface area contributed by atoms with Crippen LogP contribution in [0.4, 0.5) is 4.79 Å². The zero-order valence-corrected chi connectivity index (χ0v) is 10.8. The molecule has 100 valence electrons. The third-order valence-corrected chi connectivity index (χ3v) is 2.25. The number of ether oxygens (including phenoxy) is 1. The van der Waals surface area contributed by atoms with Crippen LogP contribution in [0.1, 0.15) is 18.2 Å².